The third-order valence-corrected chi connectivity index (χ3v) is 6.05. The highest BCUT2D eigenvalue weighted by Crippen LogP contribution is 2.53. The van der Waals surface area contributed by atoms with Gasteiger partial charge in [-0.2, -0.15) is 0 Å². The van der Waals surface area contributed by atoms with Gasteiger partial charge in [0.1, 0.15) is 5.69 Å². The van der Waals surface area contributed by atoms with Crippen molar-refractivity contribution in [3.63, 3.8) is 0 Å². The largest absolute Gasteiger partial charge is 0.372 e. The summed E-state index contributed by atoms with van der Waals surface area (Å²) < 4.78 is 1.02. The molecule has 3 atom stereocenters. The number of benzene rings is 2. The summed E-state index contributed by atoms with van der Waals surface area (Å²) in [6.07, 6.45) is 5.42. The molecule has 0 bridgehead atoms. The normalized spacial score (nSPS) is 23.7. The van der Waals surface area contributed by atoms with Crippen LogP contribution in [-0.2, 0) is 0 Å². The van der Waals surface area contributed by atoms with E-state index in [1.165, 1.54) is 0 Å². The Morgan fingerprint density at radius 3 is 2.80 bits per heavy atom. The van der Waals surface area contributed by atoms with Gasteiger partial charge in [0, 0.05) is 16.5 Å². The minimum atomic E-state index is -0.269. The van der Waals surface area contributed by atoms with Crippen LogP contribution in [0.2, 0.25) is 0 Å². The van der Waals surface area contributed by atoms with Gasteiger partial charge in [-0.3, -0.25) is 10.1 Å². The Morgan fingerprint density at radius 1 is 1.28 bits per heavy atom. The molecule has 1 heterocycles. The predicted molar refractivity (Wildman–Crippen MR) is 103 cm³/mol. The molecule has 0 fully saturated rings. The van der Waals surface area contributed by atoms with E-state index in [-0.39, 0.29) is 22.6 Å². The molecule has 5 heteroatoms. The van der Waals surface area contributed by atoms with Crippen LogP contribution in [0.15, 0.2) is 47.0 Å². The number of fused-ring (bicyclic) bond motifs is 3. The first kappa shape index (κ1) is 16.3. The van der Waals surface area contributed by atoms with E-state index >= 15 is 0 Å². The highest BCUT2D eigenvalue weighted by molar-refractivity contribution is 9.10. The molecular formula is C20H19BrN2O2. The van der Waals surface area contributed by atoms with Gasteiger partial charge >= 0.3 is 0 Å². The highest BCUT2D eigenvalue weighted by atomic mass is 79.9. The second kappa shape index (κ2) is 5.99. The Hall–Kier alpha value is -2.14. The van der Waals surface area contributed by atoms with Gasteiger partial charge in [-0.1, -0.05) is 40.2 Å². The van der Waals surface area contributed by atoms with E-state index in [9.17, 15) is 10.1 Å². The molecule has 0 aromatic heterocycles. The van der Waals surface area contributed by atoms with Crippen LogP contribution in [0.4, 0.5) is 11.4 Å². The molecule has 2 aromatic carbocycles. The van der Waals surface area contributed by atoms with Crippen molar-refractivity contribution in [2.75, 3.05) is 5.32 Å². The molecule has 0 radical (unpaired) electrons. The molecular weight excluding hydrogens is 380 g/mol. The lowest BCUT2D eigenvalue weighted by atomic mass is 9.74. The van der Waals surface area contributed by atoms with Gasteiger partial charge in [-0.05, 0) is 60.6 Å². The summed E-state index contributed by atoms with van der Waals surface area (Å²) in [6, 6.07) is 9.97. The summed E-state index contributed by atoms with van der Waals surface area (Å²) >= 11 is 3.54. The third-order valence-electron chi connectivity index (χ3n) is 5.55. The van der Waals surface area contributed by atoms with Crippen LogP contribution in [0.3, 0.4) is 0 Å². The van der Waals surface area contributed by atoms with E-state index in [4.69, 9.17) is 0 Å². The van der Waals surface area contributed by atoms with E-state index in [0.717, 1.165) is 33.1 Å². The number of nitro groups is 1. The molecule has 4 nitrogen and oxygen atoms in total. The number of allylic oxidation sites excluding steroid dienone is 2. The number of anilines is 1. The van der Waals surface area contributed by atoms with Gasteiger partial charge in [0.05, 0.1) is 11.0 Å². The molecule has 128 valence electrons. The zero-order chi connectivity index (χ0) is 17.7. The minimum Gasteiger partial charge on any atom is -0.372 e. The molecule has 0 unspecified atom stereocenters. The van der Waals surface area contributed by atoms with Crippen molar-refractivity contribution in [2.45, 2.75) is 32.2 Å². The first-order valence-corrected chi connectivity index (χ1v) is 9.24. The van der Waals surface area contributed by atoms with Crippen LogP contribution < -0.4 is 5.32 Å². The Bertz CT molecular complexity index is 907. The van der Waals surface area contributed by atoms with Crippen LogP contribution in [0, 0.1) is 29.9 Å². The average molecular weight is 399 g/mol. The third kappa shape index (κ3) is 2.58. The maximum absolute atomic E-state index is 11.7. The zero-order valence-electron chi connectivity index (χ0n) is 14.1. The van der Waals surface area contributed by atoms with Crippen molar-refractivity contribution < 1.29 is 4.92 Å². The number of nitrogens with zero attached hydrogens (tertiary/aromatic N) is 1. The Labute approximate surface area is 155 Å². The first-order valence-electron chi connectivity index (χ1n) is 8.44. The molecule has 1 aliphatic heterocycles. The molecule has 0 saturated carbocycles. The van der Waals surface area contributed by atoms with Crippen molar-refractivity contribution in [1.29, 1.82) is 0 Å². The molecule has 4 rings (SSSR count). The standard InChI is InChI=1S/C20H19BrN2O2/c1-11-9-17(23(24)25)20-18(12(11)2)15-7-4-8-16(15)19(22-20)13-5-3-6-14(21)10-13/h3-7,9-10,15-16,19,22H,8H2,1-2H3/t15-,16-,19-/m1/s1. The SMILES string of the molecule is Cc1cc([N+](=O)[O-])c2c(c1C)[C@@H]1C=CC[C@H]1[C@@H](c1cccc(Br)c1)N2. The summed E-state index contributed by atoms with van der Waals surface area (Å²) in [5.41, 5.74) is 5.25. The molecule has 2 aromatic rings. The fraction of sp³-hybridized carbons (Fsp3) is 0.300. The van der Waals surface area contributed by atoms with Crippen molar-refractivity contribution in [2.24, 2.45) is 5.92 Å². The lowest BCUT2D eigenvalue weighted by Crippen LogP contribution is -2.30. The lowest BCUT2D eigenvalue weighted by Gasteiger charge is -2.38. The second-order valence-electron chi connectivity index (χ2n) is 6.91. The number of hydrogen-bond donors (Lipinski definition) is 1. The second-order valence-corrected chi connectivity index (χ2v) is 7.83. The van der Waals surface area contributed by atoms with Crippen LogP contribution in [0.1, 0.15) is 40.6 Å². The predicted octanol–water partition coefficient (Wildman–Crippen LogP) is 5.80. The van der Waals surface area contributed by atoms with Gasteiger partial charge in [0.15, 0.2) is 0 Å². The number of hydrogen-bond acceptors (Lipinski definition) is 3. The minimum absolute atomic E-state index is 0.0609. The Kier molecular flexibility index (Phi) is 3.91. The fourth-order valence-corrected chi connectivity index (χ4v) is 4.67. The van der Waals surface area contributed by atoms with Crippen LogP contribution >= 0.6 is 15.9 Å². The summed E-state index contributed by atoms with van der Waals surface area (Å²) in [4.78, 5) is 11.4. The van der Waals surface area contributed by atoms with Gasteiger partial charge in [0.25, 0.3) is 5.69 Å². The average Bonchev–Trinajstić information content (AvgIpc) is 3.06. The molecule has 0 spiro atoms. The maximum Gasteiger partial charge on any atom is 0.292 e. The number of halogens is 1. The molecule has 25 heavy (non-hydrogen) atoms. The Balaban J connectivity index is 1.92. The molecule has 0 amide bonds. The fourth-order valence-electron chi connectivity index (χ4n) is 4.25. The molecule has 2 aliphatic rings. The van der Waals surface area contributed by atoms with Gasteiger partial charge < -0.3 is 5.32 Å². The molecule has 1 aliphatic carbocycles. The van der Waals surface area contributed by atoms with Crippen LogP contribution in [0.5, 0.6) is 0 Å². The summed E-state index contributed by atoms with van der Waals surface area (Å²) in [5, 5.41) is 15.2. The van der Waals surface area contributed by atoms with Crippen molar-refractivity contribution >= 4 is 27.3 Å². The van der Waals surface area contributed by atoms with Crippen molar-refractivity contribution in [3.8, 4) is 0 Å². The zero-order valence-corrected chi connectivity index (χ0v) is 15.7. The number of aryl methyl sites for hydroxylation is 1. The van der Waals surface area contributed by atoms with E-state index in [2.05, 4.69) is 52.5 Å². The number of rotatable bonds is 2. The van der Waals surface area contributed by atoms with E-state index in [1.807, 2.05) is 19.1 Å². The van der Waals surface area contributed by atoms with E-state index in [0.29, 0.717) is 11.6 Å². The van der Waals surface area contributed by atoms with Crippen LogP contribution in [-0.4, -0.2) is 4.92 Å². The number of nitro benzene ring substituents is 1. The summed E-state index contributed by atoms with van der Waals surface area (Å²) in [5.74, 6) is 0.598. The van der Waals surface area contributed by atoms with Crippen LogP contribution in [0.25, 0.3) is 0 Å². The van der Waals surface area contributed by atoms with Gasteiger partial charge in [-0.15, -0.1) is 0 Å². The number of nitrogens with one attached hydrogen (secondary N) is 1. The van der Waals surface area contributed by atoms with E-state index in [1.54, 1.807) is 6.07 Å². The topological polar surface area (TPSA) is 55.2 Å². The quantitative estimate of drug-likeness (QED) is 0.395. The Morgan fingerprint density at radius 2 is 2.08 bits per heavy atom. The smallest absolute Gasteiger partial charge is 0.292 e. The first-order chi connectivity index (χ1) is 12.0. The molecule has 0 saturated heterocycles. The highest BCUT2D eigenvalue weighted by Gasteiger charge is 2.41. The molecule has 1 N–H and O–H groups in total. The monoisotopic (exact) mass is 398 g/mol. The van der Waals surface area contributed by atoms with Gasteiger partial charge in [-0.25, -0.2) is 0 Å². The maximum atomic E-state index is 11.7. The van der Waals surface area contributed by atoms with Crippen molar-refractivity contribution in [1.82, 2.24) is 0 Å². The summed E-state index contributed by atoms with van der Waals surface area (Å²) in [7, 11) is 0. The summed E-state index contributed by atoms with van der Waals surface area (Å²) in [6.45, 7) is 4.03. The lowest BCUT2D eigenvalue weighted by molar-refractivity contribution is -0.384. The van der Waals surface area contributed by atoms with E-state index < -0.39 is 0 Å². The van der Waals surface area contributed by atoms with Gasteiger partial charge in [0.2, 0.25) is 0 Å². The van der Waals surface area contributed by atoms with Crippen molar-refractivity contribution in [3.05, 3.63) is 79.3 Å².